The lowest BCUT2D eigenvalue weighted by molar-refractivity contribution is 0.0704. The number of H-pyrrole nitrogens is 1. The van der Waals surface area contributed by atoms with E-state index in [-0.39, 0.29) is 17.4 Å². The number of nitrogens with one attached hydrogen (secondary N) is 1. The van der Waals surface area contributed by atoms with Crippen LogP contribution in [0.2, 0.25) is 0 Å². The van der Waals surface area contributed by atoms with Crippen LogP contribution in [-0.2, 0) is 5.41 Å². The molecule has 5 nitrogen and oxygen atoms in total. The molecule has 0 bridgehead atoms. The van der Waals surface area contributed by atoms with Crippen molar-refractivity contribution >= 4 is 17.7 Å². The standard InChI is InChI=1S/C12H20N4OS/c1-8-7-18-6-5-16(8)10(17)9-13-11(15-14-9)12(2,3)4/h8H,5-7H2,1-4H3,(H,13,14,15). The fourth-order valence-corrected chi connectivity index (χ4v) is 2.86. The zero-order chi connectivity index (χ0) is 13.3. The van der Waals surface area contributed by atoms with Crippen LogP contribution in [-0.4, -0.2) is 50.1 Å². The lowest BCUT2D eigenvalue weighted by Crippen LogP contribution is -2.44. The summed E-state index contributed by atoms with van der Waals surface area (Å²) in [6.07, 6.45) is 0. The van der Waals surface area contributed by atoms with Crippen LogP contribution in [0.15, 0.2) is 0 Å². The maximum Gasteiger partial charge on any atom is 0.293 e. The molecular weight excluding hydrogens is 248 g/mol. The van der Waals surface area contributed by atoms with Crippen molar-refractivity contribution in [1.29, 1.82) is 0 Å². The van der Waals surface area contributed by atoms with E-state index in [1.54, 1.807) is 0 Å². The summed E-state index contributed by atoms with van der Waals surface area (Å²) in [5.41, 5.74) is -0.116. The summed E-state index contributed by atoms with van der Waals surface area (Å²) in [5.74, 6) is 2.97. The van der Waals surface area contributed by atoms with Gasteiger partial charge in [0.1, 0.15) is 5.82 Å². The second kappa shape index (κ2) is 4.91. The number of hydrogen-bond acceptors (Lipinski definition) is 4. The second-order valence-electron chi connectivity index (χ2n) is 5.68. The number of carbonyl (C=O) groups is 1. The first-order chi connectivity index (χ1) is 8.39. The van der Waals surface area contributed by atoms with Crippen molar-refractivity contribution < 1.29 is 4.79 Å². The van der Waals surface area contributed by atoms with Crippen LogP contribution >= 0.6 is 11.8 Å². The first kappa shape index (κ1) is 13.4. The predicted octanol–water partition coefficient (Wildman–Crippen LogP) is 1.68. The van der Waals surface area contributed by atoms with E-state index in [1.807, 2.05) is 37.4 Å². The van der Waals surface area contributed by atoms with Crippen molar-refractivity contribution in [2.75, 3.05) is 18.1 Å². The highest BCUT2D eigenvalue weighted by Gasteiger charge is 2.28. The first-order valence-electron chi connectivity index (χ1n) is 6.21. The van der Waals surface area contributed by atoms with Crippen LogP contribution < -0.4 is 0 Å². The molecule has 1 saturated heterocycles. The molecule has 1 atom stereocenters. The minimum absolute atomic E-state index is 0.0606. The molecule has 1 unspecified atom stereocenters. The summed E-state index contributed by atoms with van der Waals surface area (Å²) in [4.78, 5) is 18.5. The molecule has 1 aromatic rings. The Morgan fingerprint density at radius 2 is 2.22 bits per heavy atom. The smallest absolute Gasteiger partial charge is 0.293 e. The second-order valence-corrected chi connectivity index (χ2v) is 6.83. The van der Waals surface area contributed by atoms with E-state index in [0.717, 1.165) is 23.9 Å². The van der Waals surface area contributed by atoms with Gasteiger partial charge in [0.25, 0.3) is 5.91 Å². The van der Waals surface area contributed by atoms with E-state index >= 15 is 0 Å². The molecule has 1 N–H and O–H groups in total. The van der Waals surface area contributed by atoms with E-state index in [1.165, 1.54) is 0 Å². The van der Waals surface area contributed by atoms with Gasteiger partial charge in [-0.05, 0) is 6.92 Å². The van der Waals surface area contributed by atoms with Gasteiger partial charge in [0.15, 0.2) is 0 Å². The predicted molar refractivity (Wildman–Crippen MR) is 72.9 cm³/mol. The maximum atomic E-state index is 12.3. The molecule has 0 radical (unpaired) electrons. The Hall–Kier alpha value is -1.04. The monoisotopic (exact) mass is 268 g/mol. The Labute approximate surface area is 112 Å². The van der Waals surface area contributed by atoms with Gasteiger partial charge >= 0.3 is 0 Å². The summed E-state index contributed by atoms with van der Waals surface area (Å²) in [6.45, 7) is 8.98. The average Bonchev–Trinajstić information content (AvgIpc) is 2.77. The van der Waals surface area contributed by atoms with Gasteiger partial charge in [0, 0.05) is 29.5 Å². The number of amides is 1. The quantitative estimate of drug-likeness (QED) is 0.842. The summed E-state index contributed by atoms with van der Waals surface area (Å²) in [6, 6.07) is 0.257. The molecule has 1 amide bonds. The Morgan fingerprint density at radius 1 is 1.50 bits per heavy atom. The largest absolute Gasteiger partial charge is 0.332 e. The number of rotatable bonds is 1. The molecule has 1 fully saturated rings. The SMILES string of the molecule is CC1CSCCN1C(=O)c1n[nH]c(C(C)(C)C)n1. The van der Waals surface area contributed by atoms with Crippen LogP contribution in [0.3, 0.4) is 0 Å². The van der Waals surface area contributed by atoms with Crippen LogP contribution in [0, 0.1) is 0 Å². The number of hydrogen-bond donors (Lipinski definition) is 1. The fourth-order valence-electron chi connectivity index (χ4n) is 1.85. The lowest BCUT2D eigenvalue weighted by atomic mass is 9.96. The van der Waals surface area contributed by atoms with E-state index in [4.69, 9.17) is 0 Å². The third kappa shape index (κ3) is 2.68. The van der Waals surface area contributed by atoms with Crippen LogP contribution in [0.25, 0.3) is 0 Å². The summed E-state index contributed by atoms with van der Waals surface area (Å²) < 4.78 is 0. The Kier molecular flexibility index (Phi) is 3.66. The van der Waals surface area contributed by atoms with Gasteiger partial charge in [0.05, 0.1) is 0 Å². The minimum Gasteiger partial charge on any atom is -0.332 e. The topological polar surface area (TPSA) is 61.9 Å². The van der Waals surface area contributed by atoms with Crippen molar-refractivity contribution in [2.45, 2.75) is 39.2 Å². The van der Waals surface area contributed by atoms with E-state index < -0.39 is 0 Å². The minimum atomic E-state index is -0.116. The molecule has 0 spiro atoms. The van der Waals surface area contributed by atoms with Gasteiger partial charge in [-0.3, -0.25) is 9.89 Å². The van der Waals surface area contributed by atoms with Crippen LogP contribution in [0.1, 0.15) is 44.1 Å². The van der Waals surface area contributed by atoms with Crippen molar-refractivity contribution in [3.63, 3.8) is 0 Å². The van der Waals surface area contributed by atoms with Crippen molar-refractivity contribution in [3.8, 4) is 0 Å². The Bertz CT molecular complexity index is 438. The molecule has 18 heavy (non-hydrogen) atoms. The van der Waals surface area contributed by atoms with Gasteiger partial charge in [-0.15, -0.1) is 5.10 Å². The molecule has 100 valence electrons. The molecule has 0 aromatic carbocycles. The first-order valence-corrected chi connectivity index (χ1v) is 7.36. The Morgan fingerprint density at radius 3 is 2.78 bits per heavy atom. The lowest BCUT2D eigenvalue weighted by Gasteiger charge is -2.32. The molecule has 0 saturated carbocycles. The molecule has 6 heteroatoms. The molecule has 1 aliphatic heterocycles. The van der Waals surface area contributed by atoms with Crippen LogP contribution in [0.4, 0.5) is 0 Å². The molecule has 1 aliphatic rings. The van der Waals surface area contributed by atoms with Gasteiger partial charge < -0.3 is 4.90 Å². The van der Waals surface area contributed by atoms with Gasteiger partial charge in [-0.1, -0.05) is 20.8 Å². The van der Waals surface area contributed by atoms with E-state index in [0.29, 0.717) is 5.82 Å². The zero-order valence-electron chi connectivity index (χ0n) is 11.4. The number of aromatic nitrogens is 3. The molecule has 2 rings (SSSR count). The number of thioether (sulfide) groups is 1. The number of nitrogens with zero attached hydrogens (tertiary/aromatic N) is 3. The highest BCUT2D eigenvalue weighted by Crippen LogP contribution is 2.20. The summed E-state index contributed by atoms with van der Waals surface area (Å²) in [5, 5.41) is 6.92. The third-order valence-corrected chi connectivity index (χ3v) is 4.20. The Balaban J connectivity index is 2.16. The fraction of sp³-hybridized carbons (Fsp3) is 0.750. The van der Waals surface area contributed by atoms with Crippen LogP contribution in [0.5, 0.6) is 0 Å². The van der Waals surface area contributed by atoms with Gasteiger partial charge in [-0.25, -0.2) is 4.98 Å². The molecule has 0 aliphatic carbocycles. The maximum absolute atomic E-state index is 12.3. The van der Waals surface area contributed by atoms with Gasteiger partial charge in [-0.2, -0.15) is 11.8 Å². The highest BCUT2D eigenvalue weighted by molar-refractivity contribution is 7.99. The van der Waals surface area contributed by atoms with E-state index in [9.17, 15) is 4.79 Å². The molecule has 1 aromatic heterocycles. The molecule has 2 heterocycles. The normalized spacial score (nSPS) is 21.1. The van der Waals surface area contributed by atoms with Crippen molar-refractivity contribution in [3.05, 3.63) is 11.6 Å². The zero-order valence-corrected chi connectivity index (χ0v) is 12.2. The highest BCUT2D eigenvalue weighted by atomic mass is 32.2. The van der Waals surface area contributed by atoms with Gasteiger partial charge in [0.2, 0.25) is 5.82 Å². The summed E-state index contributed by atoms with van der Waals surface area (Å²) >= 11 is 1.89. The third-order valence-electron chi connectivity index (χ3n) is 3.02. The van der Waals surface area contributed by atoms with E-state index in [2.05, 4.69) is 22.1 Å². The number of aromatic amines is 1. The number of carbonyl (C=O) groups excluding carboxylic acids is 1. The summed E-state index contributed by atoms with van der Waals surface area (Å²) in [7, 11) is 0. The van der Waals surface area contributed by atoms with Crippen molar-refractivity contribution in [2.24, 2.45) is 0 Å². The molecular formula is C12H20N4OS. The van der Waals surface area contributed by atoms with Crippen molar-refractivity contribution in [1.82, 2.24) is 20.1 Å². The average molecular weight is 268 g/mol.